The SMILES string of the molecule is C=CCOC(=O)c1ccc(CC(CC)CCCC)c(CC(CC)CCCC)c1C(=O)O. The van der Waals surface area contributed by atoms with E-state index in [0.29, 0.717) is 18.3 Å². The van der Waals surface area contributed by atoms with E-state index < -0.39 is 11.9 Å². The Kier molecular flexibility index (Phi) is 12.9. The van der Waals surface area contributed by atoms with Crippen molar-refractivity contribution in [3.05, 3.63) is 47.0 Å². The molecule has 0 amide bonds. The summed E-state index contributed by atoms with van der Waals surface area (Å²) in [5.41, 5.74) is 2.20. The number of carboxylic acid groups (broad SMARTS) is 1. The van der Waals surface area contributed by atoms with Gasteiger partial charge in [0.05, 0.1) is 11.1 Å². The second-order valence-corrected chi connectivity index (χ2v) is 8.56. The number of carbonyl (C=O) groups excluding carboxylic acids is 1. The molecule has 0 aliphatic carbocycles. The Bertz CT molecular complexity index is 707. The standard InChI is InChI=1S/C27H42O4/c1-6-11-13-20(9-4)18-22-15-16-23(27(30)31-17-8-3)25(26(28)29)24(22)19-21(10-5)14-12-7-2/h8,15-16,20-21H,3,6-7,9-14,17-19H2,1-2,4-5H3,(H,28,29). The topological polar surface area (TPSA) is 63.6 Å². The molecule has 174 valence electrons. The molecule has 1 aromatic rings. The normalized spacial score (nSPS) is 12.9. The summed E-state index contributed by atoms with van der Waals surface area (Å²) in [6, 6.07) is 3.61. The molecule has 4 nitrogen and oxygen atoms in total. The zero-order chi connectivity index (χ0) is 23.2. The minimum atomic E-state index is -1.05. The monoisotopic (exact) mass is 430 g/mol. The molecule has 1 aromatic carbocycles. The molecule has 0 spiro atoms. The highest BCUT2D eigenvalue weighted by Gasteiger charge is 2.26. The van der Waals surface area contributed by atoms with Gasteiger partial charge in [-0.1, -0.05) is 97.8 Å². The van der Waals surface area contributed by atoms with Crippen LogP contribution in [0.5, 0.6) is 0 Å². The molecule has 2 unspecified atom stereocenters. The van der Waals surface area contributed by atoms with Crippen LogP contribution in [0.1, 0.15) is 111 Å². The molecule has 1 N–H and O–H groups in total. The van der Waals surface area contributed by atoms with Crippen molar-refractivity contribution in [1.29, 1.82) is 0 Å². The average molecular weight is 431 g/mol. The first-order valence-electron chi connectivity index (χ1n) is 12.1. The van der Waals surface area contributed by atoms with Gasteiger partial charge in [0, 0.05) is 0 Å². The number of hydrogen-bond acceptors (Lipinski definition) is 3. The van der Waals surface area contributed by atoms with E-state index in [1.54, 1.807) is 6.07 Å². The Morgan fingerprint density at radius 3 is 2.06 bits per heavy atom. The second kappa shape index (κ2) is 14.8. The van der Waals surface area contributed by atoms with Gasteiger partial charge < -0.3 is 9.84 Å². The van der Waals surface area contributed by atoms with Crippen LogP contribution in [-0.2, 0) is 17.6 Å². The molecule has 0 aliphatic heterocycles. The quantitative estimate of drug-likeness (QED) is 0.222. The molecule has 0 radical (unpaired) electrons. The molecule has 31 heavy (non-hydrogen) atoms. The fourth-order valence-corrected chi connectivity index (χ4v) is 4.23. The minimum Gasteiger partial charge on any atom is -0.478 e. The number of hydrogen-bond donors (Lipinski definition) is 1. The van der Waals surface area contributed by atoms with Crippen molar-refractivity contribution in [2.75, 3.05) is 6.61 Å². The summed E-state index contributed by atoms with van der Waals surface area (Å²) in [6.45, 7) is 12.4. The molecular weight excluding hydrogens is 388 g/mol. The predicted molar refractivity (Wildman–Crippen MR) is 128 cm³/mol. The number of rotatable bonds is 16. The van der Waals surface area contributed by atoms with Gasteiger partial charge in [-0.2, -0.15) is 0 Å². The van der Waals surface area contributed by atoms with Crippen LogP contribution in [0, 0.1) is 11.8 Å². The van der Waals surface area contributed by atoms with Crippen molar-refractivity contribution in [2.45, 2.75) is 91.9 Å². The number of carbonyl (C=O) groups is 2. The first-order valence-corrected chi connectivity index (χ1v) is 12.1. The van der Waals surface area contributed by atoms with Crippen LogP contribution in [0.3, 0.4) is 0 Å². The number of unbranched alkanes of at least 4 members (excludes halogenated alkanes) is 2. The van der Waals surface area contributed by atoms with Crippen molar-refractivity contribution in [3.8, 4) is 0 Å². The van der Waals surface area contributed by atoms with Gasteiger partial charge in [-0.15, -0.1) is 0 Å². The third-order valence-corrected chi connectivity index (χ3v) is 6.26. The van der Waals surface area contributed by atoms with Crippen LogP contribution >= 0.6 is 0 Å². The summed E-state index contributed by atoms with van der Waals surface area (Å²) >= 11 is 0. The van der Waals surface area contributed by atoms with Gasteiger partial charge in [0.2, 0.25) is 0 Å². The lowest BCUT2D eigenvalue weighted by Gasteiger charge is -2.23. The van der Waals surface area contributed by atoms with Crippen LogP contribution in [-0.4, -0.2) is 23.7 Å². The largest absolute Gasteiger partial charge is 0.478 e. The van der Waals surface area contributed by atoms with Crippen LogP contribution in [0.25, 0.3) is 0 Å². The highest BCUT2D eigenvalue weighted by Crippen LogP contribution is 2.30. The van der Waals surface area contributed by atoms with Crippen molar-refractivity contribution in [3.63, 3.8) is 0 Å². The zero-order valence-corrected chi connectivity index (χ0v) is 20.0. The Balaban J connectivity index is 3.46. The van der Waals surface area contributed by atoms with E-state index in [9.17, 15) is 14.7 Å². The molecular formula is C27H42O4. The first kappa shape index (κ1) is 26.9. The van der Waals surface area contributed by atoms with E-state index in [0.717, 1.165) is 62.5 Å². The van der Waals surface area contributed by atoms with Crippen molar-refractivity contribution >= 4 is 11.9 Å². The van der Waals surface area contributed by atoms with E-state index in [2.05, 4.69) is 34.3 Å². The van der Waals surface area contributed by atoms with Crippen LogP contribution < -0.4 is 0 Å². The number of ether oxygens (including phenoxy) is 1. The molecule has 1 rings (SSSR count). The lowest BCUT2D eigenvalue weighted by atomic mass is 9.82. The summed E-state index contributed by atoms with van der Waals surface area (Å²) in [5.74, 6) is -0.708. The Hall–Kier alpha value is -2.10. The molecule has 0 saturated heterocycles. The lowest BCUT2D eigenvalue weighted by molar-refractivity contribution is 0.0536. The van der Waals surface area contributed by atoms with Crippen LogP contribution in [0.4, 0.5) is 0 Å². The van der Waals surface area contributed by atoms with Gasteiger partial charge in [0.15, 0.2) is 0 Å². The molecule has 4 heteroatoms. The number of esters is 1. The summed E-state index contributed by atoms with van der Waals surface area (Å²) in [4.78, 5) is 25.0. The van der Waals surface area contributed by atoms with E-state index in [-0.39, 0.29) is 17.7 Å². The zero-order valence-electron chi connectivity index (χ0n) is 20.0. The Labute approximate surface area is 189 Å². The van der Waals surface area contributed by atoms with Gasteiger partial charge >= 0.3 is 11.9 Å². The summed E-state index contributed by atoms with van der Waals surface area (Å²) < 4.78 is 5.19. The molecule has 0 heterocycles. The smallest absolute Gasteiger partial charge is 0.339 e. The maximum absolute atomic E-state index is 12.6. The average Bonchev–Trinajstić information content (AvgIpc) is 2.77. The lowest BCUT2D eigenvalue weighted by Crippen LogP contribution is -2.19. The third-order valence-electron chi connectivity index (χ3n) is 6.26. The minimum absolute atomic E-state index is 0.0674. The molecule has 0 fully saturated rings. The fourth-order valence-electron chi connectivity index (χ4n) is 4.23. The highest BCUT2D eigenvalue weighted by atomic mass is 16.5. The molecule has 0 aromatic heterocycles. The predicted octanol–water partition coefficient (Wildman–Crippen LogP) is 7.25. The van der Waals surface area contributed by atoms with Gasteiger partial charge in [-0.25, -0.2) is 9.59 Å². The second-order valence-electron chi connectivity index (χ2n) is 8.56. The van der Waals surface area contributed by atoms with Crippen LogP contribution in [0.15, 0.2) is 24.8 Å². The van der Waals surface area contributed by atoms with E-state index in [4.69, 9.17) is 4.74 Å². The molecule has 2 atom stereocenters. The van der Waals surface area contributed by atoms with Gasteiger partial charge in [0.1, 0.15) is 6.61 Å². The van der Waals surface area contributed by atoms with Crippen molar-refractivity contribution in [1.82, 2.24) is 0 Å². The van der Waals surface area contributed by atoms with Crippen LogP contribution in [0.2, 0.25) is 0 Å². The van der Waals surface area contributed by atoms with Gasteiger partial charge in [-0.3, -0.25) is 0 Å². The first-order chi connectivity index (χ1) is 14.9. The van der Waals surface area contributed by atoms with E-state index in [1.165, 1.54) is 12.5 Å². The summed E-state index contributed by atoms with van der Waals surface area (Å²) in [5, 5.41) is 10.1. The number of benzene rings is 1. The Morgan fingerprint density at radius 1 is 1.00 bits per heavy atom. The maximum Gasteiger partial charge on any atom is 0.339 e. The summed E-state index contributed by atoms with van der Waals surface area (Å²) in [7, 11) is 0. The maximum atomic E-state index is 12.6. The molecule has 0 bridgehead atoms. The van der Waals surface area contributed by atoms with E-state index in [1.807, 2.05) is 6.07 Å². The van der Waals surface area contributed by atoms with Gasteiger partial charge in [-0.05, 0) is 41.9 Å². The molecule has 0 aliphatic rings. The van der Waals surface area contributed by atoms with Crippen molar-refractivity contribution < 1.29 is 19.4 Å². The van der Waals surface area contributed by atoms with E-state index >= 15 is 0 Å². The Morgan fingerprint density at radius 2 is 1.58 bits per heavy atom. The summed E-state index contributed by atoms with van der Waals surface area (Å²) in [6.07, 6.45) is 11.9. The van der Waals surface area contributed by atoms with Crippen molar-refractivity contribution in [2.24, 2.45) is 11.8 Å². The fraction of sp³-hybridized carbons (Fsp3) is 0.630. The third kappa shape index (κ3) is 8.51. The number of aromatic carboxylic acids is 1. The number of carboxylic acids is 1. The highest BCUT2D eigenvalue weighted by molar-refractivity contribution is 6.03. The molecule has 0 saturated carbocycles. The van der Waals surface area contributed by atoms with Gasteiger partial charge in [0.25, 0.3) is 0 Å².